The number of rotatable bonds is 7. The number of anilines is 1. The zero-order valence-electron chi connectivity index (χ0n) is 19.2. The van der Waals surface area contributed by atoms with Gasteiger partial charge in [-0.2, -0.15) is 0 Å². The third-order valence-corrected chi connectivity index (χ3v) is 7.51. The molecule has 3 N–H and O–H groups in total. The number of ether oxygens (including phenoxy) is 1. The van der Waals surface area contributed by atoms with Crippen LogP contribution in [0, 0.1) is 0 Å². The molecule has 4 heterocycles. The quantitative estimate of drug-likeness (QED) is 0.476. The van der Waals surface area contributed by atoms with Crippen molar-refractivity contribution in [2.45, 2.75) is 36.4 Å². The van der Waals surface area contributed by atoms with Crippen LogP contribution in [0.5, 0.6) is 5.75 Å². The fraction of sp³-hybridized carbons (Fsp3) is 0.400. The highest BCUT2D eigenvalue weighted by molar-refractivity contribution is 8.00. The Morgan fingerprint density at radius 2 is 2.12 bits per heavy atom. The number of methoxy groups -OCH3 is 1. The molecule has 1 atom stereocenters. The highest BCUT2D eigenvalue weighted by Crippen LogP contribution is 2.30. The molecule has 0 unspecified atom stereocenters. The van der Waals surface area contributed by atoms with Gasteiger partial charge in [-0.25, -0.2) is 4.98 Å². The molecule has 2 aromatic heterocycles. The van der Waals surface area contributed by atoms with Gasteiger partial charge in [0.25, 0.3) is 0 Å². The normalized spacial score (nSPS) is 17.9. The summed E-state index contributed by atoms with van der Waals surface area (Å²) < 4.78 is 5.36. The van der Waals surface area contributed by atoms with Crippen molar-refractivity contribution in [2.24, 2.45) is 0 Å². The zero-order valence-corrected chi connectivity index (χ0v) is 20.0. The van der Waals surface area contributed by atoms with Gasteiger partial charge >= 0.3 is 0 Å². The van der Waals surface area contributed by atoms with Gasteiger partial charge in [-0.05, 0) is 67.9 Å². The molecule has 0 spiro atoms. The Morgan fingerprint density at radius 3 is 2.94 bits per heavy atom. The van der Waals surface area contributed by atoms with Gasteiger partial charge in [-0.1, -0.05) is 0 Å². The molecular formula is C25H29N5O3S. The molecule has 3 aromatic rings. The molecule has 0 saturated carbocycles. The van der Waals surface area contributed by atoms with E-state index in [1.807, 2.05) is 36.4 Å². The third kappa shape index (κ3) is 5.17. The van der Waals surface area contributed by atoms with Gasteiger partial charge in [-0.15, -0.1) is 11.8 Å². The number of aromatic nitrogens is 2. The minimum atomic E-state index is -0.588. The van der Waals surface area contributed by atoms with E-state index in [1.165, 1.54) is 11.8 Å². The maximum Gasteiger partial charge on any atom is 0.235 e. The minimum absolute atomic E-state index is 0.00330. The van der Waals surface area contributed by atoms with E-state index in [-0.39, 0.29) is 5.91 Å². The van der Waals surface area contributed by atoms with Crippen molar-refractivity contribution in [1.82, 2.24) is 20.2 Å². The van der Waals surface area contributed by atoms with Crippen molar-refractivity contribution in [3.05, 3.63) is 53.9 Å². The number of nitrogens with zero attached hydrogens (tertiary/aromatic N) is 3. The van der Waals surface area contributed by atoms with Crippen LogP contribution in [-0.4, -0.2) is 64.4 Å². The van der Waals surface area contributed by atoms with E-state index in [0.717, 1.165) is 58.7 Å². The largest absolute Gasteiger partial charge is 0.497 e. The number of hydrogen-bond acceptors (Lipinski definition) is 8. The summed E-state index contributed by atoms with van der Waals surface area (Å²) in [5.41, 5.74) is 2.67. The Kier molecular flexibility index (Phi) is 6.96. The van der Waals surface area contributed by atoms with Crippen molar-refractivity contribution in [3.63, 3.8) is 0 Å². The molecule has 1 amide bonds. The monoisotopic (exact) mass is 479 g/mol. The number of aliphatic hydroxyl groups excluding tert-OH is 1. The second-order valence-electron chi connectivity index (χ2n) is 8.74. The first-order valence-corrected chi connectivity index (χ1v) is 12.6. The molecule has 8 nitrogen and oxygen atoms in total. The number of thioether (sulfide) groups is 1. The molecular weight excluding hydrogens is 450 g/mol. The number of pyridine rings is 2. The van der Waals surface area contributed by atoms with Gasteiger partial charge in [-0.3, -0.25) is 9.78 Å². The molecule has 34 heavy (non-hydrogen) atoms. The van der Waals surface area contributed by atoms with Crippen LogP contribution >= 0.6 is 11.8 Å². The standard InChI is InChI=1S/C25H29N5O3S/c1-33-18-3-4-21-20(12-18)19(6-9-26-21)22(31)14-30-10-7-16(8-11-30)27-13-17-2-5-23-25(28-17)29-24(32)15-34-23/h2-6,9,12,16,22,27,31H,7-8,10-11,13-15H2,1H3,(H,28,29,32)/t22-/m0/s1. The van der Waals surface area contributed by atoms with Crippen LogP contribution in [0.3, 0.4) is 0 Å². The second-order valence-corrected chi connectivity index (χ2v) is 9.76. The van der Waals surface area contributed by atoms with Crippen LogP contribution in [-0.2, 0) is 11.3 Å². The molecule has 178 valence electrons. The van der Waals surface area contributed by atoms with E-state index in [2.05, 4.69) is 25.5 Å². The summed E-state index contributed by atoms with van der Waals surface area (Å²) in [5.74, 6) is 1.88. The van der Waals surface area contributed by atoms with Crippen molar-refractivity contribution >= 4 is 34.4 Å². The highest BCUT2D eigenvalue weighted by Gasteiger charge is 2.23. The summed E-state index contributed by atoms with van der Waals surface area (Å²) >= 11 is 1.53. The second kappa shape index (κ2) is 10.3. The summed E-state index contributed by atoms with van der Waals surface area (Å²) in [6.07, 6.45) is 3.18. The first-order valence-electron chi connectivity index (χ1n) is 11.6. The highest BCUT2D eigenvalue weighted by atomic mass is 32.2. The van der Waals surface area contributed by atoms with Crippen LogP contribution < -0.4 is 15.4 Å². The first-order chi connectivity index (χ1) is 16.6. The van der Waals surface area contributed by atoms with Gasteiger partial charge in [0, 0.05) is 30.7 Å². The van der Waals surface area contributed by atoms with E-state index in [0.29, 0.717) is 30.7 Å². The predicted octanol–water partition coefficient (Wildman–Crippen LogP) is 2.97. The maximum absolute atomic E-state index is 11.6. The fourth-order valence-corrected chi connectivity index (χ4v) is 5.33. The number of amides is 1. The summed E-state index contributed by atoms with van der Waals surface area (Å²) in [7, 11) is 1.64. The molecule has 0 radical (unpaired) electrons. The fourth-order valence-electron chi connectivity index (χ4n) is 4.58. The molecule has 2 aliphatic heterocycles. The van der Waals surface area contributed by atoms with Gasteiger partial charge in [0.1, 0.15) is 11.6 Å². The number of nitrogens with one attached hydrogen (secondary N) is 2. The van der Waals surface area contributed by atoms with Crippen molar-refractivity contribution in [1.29, 1.82) is 0 Å². The third-order valence-electron chi connectivity index (χ3n) is 6.46. The molecule has 9 heteroatoms. The van der Waals surface area contributed by atoms with Gasteiger partial charge < -0.3 is 25.4 Å². The Bertz CT molecular complexity index is 1180. The van der Waals surface area contributed by atoms with E-state index >= 15 is 0 Å². The number of likely N-dealkylation sites (tertiary alicyclic amines) is 1. The number of benzene rings is 1. The van der Waals surface area contributed by atoms with Crippen molar-refractivity contribution < 1.29 is 14.6 Å². The van der Waals surface area contributed by atoms with Crippen LogP contribution in [0.4, 0.5) is 5.82 Å². The Morgan fingerprint density at radius 1 is 1.26 bits per heavy atom. The lowest BCUT2D eigenvalue weighted by Crippen LogP contribution is -2.43. The lowest BCUT2D eigenvalue weighted by atomic mass is 10.0. The lowest BCUT2D eigenvalue weighted by Gasteiger charge is -2.33. The van der Waals surface area contributed by atoms with Crippen LogP contribution in [0.1, 0.15) is 30.2 Å². The zero-order chi connectivity index (χ0) is 23.5. The van der Waals surface area contributed by atoms with Gasteiger partial charge in [0.05, 0.1) is 35.1 Å². The summed E-state index contributed by atoms with van der Waals surface area (Å²) in [6.45, 7) is 3.11. The molecule has 2 aliphatic rings. The van der Waals surface area contributed by atoms with Crippen molar-refractivity contribution in [2.75, 3.05) is 37.8 Å². The van der Waals surface area contributed by atoms with Crippen LogP contribution in [0.2, 0.25) is 0 Å². The van der Waals surface area contributed by atoms with E-state index in [1.54, 1.807) is 13.3 Å². The van der Waals surface area contributed by atoms with E-state index < -0.39 is 6.10 Å². The van der Waals surface area contributed by atoms with E-state index in [9.17, 15) is 9.90 Å². The number of aliphatic hydroxyl groups is 1. The van der Waals surface area contributed by atoms with Crippen molar-refractivity contribution in [3.8, 4) is 5.75 Å². The SMILES string of the molecule is COc1ccc2nccc([C@@H](O)CN3CCC(NCc4ccc5c(n4)NC(=O)CS5)CC3)c2c1. The smallest absolute Gasteiger partial charge is 0.235 e. The molecule has 0 bridgehead atoms. The minimum Gasteiger partial charge on any atom is -0.497 e. The number of carbonyl (C=O) groups excluding carboxylic acids is 1. The average Bonchev–Trinajstić information content (AvgIpc) is 2.87. The Hall–Kier alpha value is -2.72. The number of β-amino-alcohol motifs (C(OH)–C–C–N with tert-alkyl or cyclic N) is 1. The van der Waals surface area contributed by atoms with E-state index in [4.69, 9.17) is 4.74 Å². The molecule has 1 fully saturated rings. The number of hydrogen-bond donors (Lipinski definition) is 3. The van der Waals surface area contributed by atoms with Crippen LogP contribution in [0.15, 0.2) is 47.5 Å². The lowest BCUT2D eigenvalue weighted by molar-refractivity contribution is -0.113. The molecule has 1 aromatic carbocycles. The maximum atomic E-state index is 11.6. The number of fused-ring (bicyclic) bond motifs is 2. The summed E-state index contributed by atoms with van der Waals surface area (Å²) in [5, 5.41) is 18.4. The molecule has 0 aliphatic carbocycles. The molecule has 1 saturated heterocycles. The average molecular weight is 480 g/mol. The number of piperidine rings is 1. The van der Waals surface area contributed by atoms with Gasteiger partial charge in [0.2, 0.25) is 5.91 Å². The predicted molar refractivity (Wildman–Crippen MR) is 133 cm³/mol. The summed E-state index contributed by atoms with van der Waals surface area (Å²) in [6, 6.07) is 12.1. The Balaban J connectivity index is 1.14. The Labute approximate surface area is 203 Å². The first kappa shape index (κ1) is 23.0. The van der Waals surface area contributed by atoms with Gasteiger partial charge in [0.15, 0.2) is 0 Å². The molecule has 5 rings (SSSR count). The topological polar surface area (TPSA) is 99.6 Å². The number of carbonyl (C=O) groups is 1. The summed E-state index contributed by atoms with van der Waals surface area (Å²) in [4.78, 5) is 24.0. The van der Waals surface area contributed by atoms with Crippen LogP contribution in [0.25, 0.3) is 10.9 Å².